The summed E-state index contributed by atoms with van der Waals surface area (Å²) in [5.41, 5.74) is 25.0. The van der Waals surface area contributed by atoms with Crippen molar-refractivity contribution in [3.63, 3.8) is 0 Å². The van der Waals surface area contributed by atoms with Gasteiger partial charge in [0.1, 0.15) is 0 Å². The second-order valence-electron chi connectivity index (χ2n) is 28.7. The average molecular weight is 1310 g/mol. The highest BCUT2D eigenvalue weighted by molar-refractivity contribution is 6.23. The van der Waals surface area contributed by atoms with E-state index in [1.807, 2.05) is 0 Å². The number of hydrogen-bond acceptors (Lipinski definition) is 0. The highest BCUT2D eigenvalue weighted by Crippen LogP contribution is 2.48. The van der Waals surface area contributed by atoms with Crippen LogP contribution < -0.4 is 0 Å². The number of para-hydroxylation sites is 2. The first-order valence-corrected chi connectivity index (χ1v) is 36.0. The summed E-state index contributed by atoms with van der Waals surface area (Å²) in [4.78, 5) is 0. The number of rotatable bonds is 8. The molecule has 2 aromatic heterocycles. The molecule has 2 heterocycles. The van der Waals surface area contributed by atoms with Crippen molar-refractivity contribution >= 4 is 108 Å². The van der Waals surface area contributed by atoms with Gasteiger partial charge in [0.05, 0.1) is 22.1 Å². The molecule has 2 heteroatoms. The Balaban J connectivity index is 0.000000142. The van der Waals surface area contributed by atoms with Gasteiger partial charge in [-0.1, -0.05) is 330 Å². The Bertz CT molecular complexity index is 6610. The van der Waals surface area contributed by atoms with E-state index in [2.05, 4.69) is 401 Å². The van der Waals surface area contributed by atoms with Crippen LogP contribution in [0.1, 0.15) is 31.9 Å². The summed E-state index contributed by atoms with van der Waals surface area (Å²) >= 11 is 0. The topological polar surface area (TPSA) is 9.86 Å². The van der Waals surface area contributed by atoms with E-state index in [1.54, 1.807) is 0 Å². The fraction of sp³-hybridized carbons (Fsp3) is 0.0495. The van der Waals surface area contributed by atoms with Crippen LogP contribution in [0.3, 0.4) is 0 Å². The minimum Gasteiger partial charge on any atom is -0.309 e. The fourth-order valence-electron chi connectivity index (χ4n) is 16.7. The van der Waals surface area contributed by atoms with Crippen LogP contribution in [0, 0.1) is 6.92 Å². The third-order valence-corrected chi connectivity index (χ3v) is 21.6. The quantitative estimate of drug-likeness (QED) is 0.134. The molecule has 0 atom stereocenters. The molecule has 18 aromatic carbocycles. The third-order valence-electron chi connectivity index (χ3n) is 21.6. The monoisotopic (exact) mass is 1310 g/mol. The Kier molecular flexibility index (Phi) is 14.7. The predicted octanol–water partition coefficient (Wildman–Crippen LogP) is 28.1. The van der Waals surface area contributed by atoms with E-state index in [0.29, 0.717) is 0 Å². The molecule has 2 nitrogen and oxygen atoms in total. The molecule has 0 unspecified atom stereocenters. The summed E-state index contributed by atoms with van der Waals surface area (Å²) in [5, 5.41) is 20.3. The highest BCUT2D eigenvalue weighted by Gasteiger charge is 2.23. The Labute approximate surface area is 599 Å². The van der Waals surface area contributed by atoms with Crippen LogP contribution in [0.25, 0.3) is 186 Å². The summed E-state index contributed by atoms with van der Waals surface area (Å²) in [7, 11) is 0. The maximum Gasteiger partial charge on any atom is 0.0541 e. The van der Waals surface area contributed by atoms with Crippen LogP contribution >= 0.6 is 0 Å². The van der Waals surface area contributed by atoms with Crippen LogP contribution in [-0.2, 0) is 5.41 Å². The zero-order chi connectivity index (χ0) is 68.9. The number of nitrogens with zero attached hydrogens (tertiary/aromatic N) is 2. The molecule has 103 heavy (non-hydrogen) atoms. The van der Waals surface area contributed by atoms with Crippen LogP contribution in [0.5, 0.6) is 0 Å². The predicted molar refractivity (Wildman–Crippen MR) is 443 cm³/mol. The van der Waals surface area contributed by atoms with Crippen molar-refractivity contribution in [2.45, 2.75) is 33.1 Å². The SMILES string of the molecule is CC(C)(C)c1ccc(-c2c3ccccc3c(-c3ccc(-n4c5ccccc5c5cc(-c6cccc7ccccc67)ccc54)cc3)c3ccccc23)cc1.Cc1ccc(-c2c3ccccc3c(-c3ccc(-n4c5ccccc5c5cc(-c6cccc7ccccc67)ccc54)cc3)c3ccccc23)cc1. The van der Waals surface area contributed by atoms with E-state index >= 15 is 0 Å². The molecule has 0 aliphatic rings. The largest absolute Gasteiger partial charge is 0.309 e. The van der Waals surface area contributed by atoms with Crippen molar-refractivity contribution in [2.24, 2.45) is 0 Å². The van der Waals surface area contributed by atoms with Crippen LogP contribution in [0.4, 0.5) is 0 Å². The first-order valence-electron chi connectivity index (χ1n) is 36.0. The lowest BCUT2D eigenvalue weighted by molar-refractivity contribution is 0.590. The summed E-state index contributed by atoms with van der Waals surface area (Å²) in [5.74, 6) is 0. The number of aromatic nitrogens is 2. The number of aryl methyl sites for hydroxylation is 1. The smallest absolute Gasteiger partial charge is 0.0541 e. The molecule has 0 fully saturated rings. The Morgan fingerprint density at radius 3 is 0.806 bits per heavy atom. The van der Waals surface area contributed by atoms with E-state index in [4.69, 9.17) is 0 Å². The molecule has 0 amide bonds. The molecule has 20 aromatic rings. The normalized spacial score (nSPS) is 11.9. The summed E-state index contributed by atoms with van der Waals surface area (Å²) in [6, 6.07) is 134. The van der Waals surface area contributed by atoms with Crippen LogP contribution in [0.2, 0.25) is 0 Å². The van der Waals surface area contributed by atoms with Gasteiger partial charge in [0.15, 0.2) is 0 Å². The molecule has 20 rings (SSSR count). The van der Waals surface area contributed by atoms with E-state index < -0.39 is 0 Å². The zero-order valence-corrected chi connectivity index (χ0v) is 58.0. The zero-order valence-electron chi connectivity index (χ0n) is 58.0. The van der Waals surface area contributed by atoms with Crippen molar-refractivity contribution < 1.29 is 0 Å². The van der Waals surface area contributed by atoms with Crippen molar-refractivity contribution in [3.8, 4) is 78.1 Å². The van der Waals surface area contributed by atoms with Gasteiger partial charge in [0.25, 0.3) is 0 Å². The van der Waals surface area contributed by atoms with Crippen molar-refractivity contribution in [1.29, 1.82) is 0 Å². The van der Waals surface area contributed by atoms with E-state index in [9.17, 15) is 0 Å². The van der Waals surface area contributed by atoms with E-state index in [-0.39, 0.29) is 5.41 Å². The molecular formula is C101H72N2. The first-order chi connectivity index (χ1) is 50.7. The summed E-state index contributed by atoms with van der Waals surface area (Å²) in [6.07, 6.45) is 0. The minimum atomic E-state index is 0.109. The van der Waals surface area contributed by atoms with Crippen LogP contribution in [-0.4, -0.2) is 9.13 Å². The van der Waals surface area contributed by atoms with Gasteiger partial charge in [-0.25, -0.2) is 0 Å². The molecule has 0 spiro atoms. The van der Waals surface area contributed by atoms with Gasteiger partial charge in [-0.15, -0.1) is 0 Å². The maximum absolute atomic E-state index is 2.42. The van der Waals surface area contributed by atoms with Gasteiger partial charge in [-0.2, -0.15) is 0 Å². The molecule has 0 aliphatic heterocycles. The first kappa shape index (κ1) is 61.2. The lowest BCUT2D eigenvalue weighted by atomic mass is 9.83. The minimum absolute atomic E-state index is 0.109. The highest BCUT2D eigenvalue weighted by atomic mass is 15.0. The van der Waals surface area contributed by atoms with Crippen molar-refractivity contribution in [3.05, 3.63) is 375 Å². The van der Waals surface area contributed by atoms with Crippen LogP contribution in [0.15, 0.2) is 364 Å². The molecule has 0 saturated carbocycles. The maximum atomic E-state index is 2.42. The fourth-order valence-corrected chi connectivity index (χ4v) is 16.7. The molecule has 0 aliphatic carbocycles. The number of hydrogen-bond donors (Lipinski definition) is 0. The van der Waals surface area contributed by atoms with E-state index in [0.717, 1.165) is 11.4 Å². The number of benzene rings is 18. The Morgan fingerprint density at radius 1 is 0.204 bits per heavy atom. The molecule has 0 saturated heterocycles. The van der Waals surface area contributed by atoms with Gasteiger partial charge in [0, 0.05) is 32.9 Å². The van der Waals surface area contributed by atoms with Gasteiger partial charge in [0.2, 0.25) is 0 Å². The third kappa shape index (κ3) is 10.4. The Hall–Kier alpha value is -12.9. The van der Waals surface area contributed by atoms with E-state index in [1.165, 1.54) is 186 Å². The Morgan fingerprint density at radius 2 is 0.466 bits per heavy atom. The summed E-state index contributed by atoms with van der Waals surface area (Å²) < 4.78 is 4.83. The second kappa shape index (κ2) is 24.8. The molecule has 0 radical (unpaired) electrons. The molecule has 486 valence electrons. The lowest BCUT2D eigenvalue weighted by Crippen LogP contribution is -2.10. The van der Waals surface area contributed by atoms with Crippen molar-refractivity contribution in [1.82, 2.24) is 9.13 Å². The van der Waals surface area contributed by atoms with Gasteiger partial charge < -0.3 is 9.13 Å². The van der Waals surface area contributed by atoms with Crippen molar-refractivity contribution in [2.75, 3.05) is 0 Å². The average Bonchev–Trinajstić information content (AvgIpc) is 1.23. The second-order valence-corrected chi connectivity index (χ2v) is 28.7. The standard InChI is InChI=1S/C52H39N.C49H33N/c1-52(2,3)38-28-23-35(24-29-38)50-43-17-6-8-19-45(43)51(46-20-9-7-18-44(46)50)36-25-30-39(31-26-36)53-48-22-11-10-16-42(48)47-33-37(27-32-49(47)53)41-21-12-14-34-13-4-5-15-40(34)41;1-32-21-23-34(24-22-32)48-41-15-4-6-17-43(41)49(44-18-7-5-16-42(44)48)35-25-28-37(29-26-35)50-46-20-9-8-14-40(46)45-31-36(27-30-47(45)50)39-19-10-12-33-11-2-3-13-38(33)39/h4-33H,1-3H3;2-31H,1H3. The molecule has 0 N–H and O–H groups in total. The lowest BCUT2D eigenvalue weighted by Gasteiger charge is -2.21. The van der Waals surface area contributed by atoms with Gasteiger partial charge in [-0.3, -0.25) is 0 Å². The molecule has 0 bridgehead atoms. The summed E-state index contributed by atoms with van der Waals surface area (Å²) in [6.45, 7) is 8.97. The van der Waals surface area contributed by atoms with Gasteiger partial charge >= 0.3 is 0 Å². The molecular weight excluding hydrogens is 1240 g/mol. The number of fused-ring (bicyclic) bond motifs is 12. The van der Waals surface area contributed by atoms with Gasteiger partial charge in [-0.05, 0) is 210 Å².